The molecular formula is C32H48O2. The van der Waals surface area contributed by atoms with Gasteiger partial charge in [0.25, 0.3) is 0 Å². The number of Topliss-reactive ketones (excluding diaryl/α,β-unsaturated/α-hetero) is 1. The lowest BCUT2D eigenvalue weighted by Crippen LogP contribution is -2.24. The Balaban J connectivity index is -0.000000485. The molecule has 2 heteroatoms. The zero-order valence-electron chi connectivity index (χ0n) is 23.3. The van der Waals surface area contributed by atoms with Crippen molar-refractivity contribution in [2.45, 2.75) is 75.2 Å². The highest BCUT2D eigenvalue weighted by molar-refractivity contribution is 5.95. The third-order valence-corrected chi connectivity index (χ3v) is 4.34. The van der Waals surface area contributed by atoms with Gasteiger partial charge in [0.05, 0.1) is 0 Å². The zero-order chi connectivity index (χ0) is 27.3. The maximum Gasteiger partial charge on any atom is 0.161 e. The van der Waals surface area contributed by atoms with Gasteiger partial charge in [-0.05, 0) is 70.7 Å². The molecule has 0 aliphatic carbocycles. The van der Waals surface area contributed by atoms with Crippen LogP contribution in [0.15, 0.2) is 97.7 Å². The summed E-state index contributed by atoms with van der Waals surface area (Å²) in [5.41, 5.74) is 4.81. The first-order valence-electron chi connectivity index (χ1n) is 11.8. The fraction of sp³-hybridized carbons (Fsp3) is 0.375. The molecule has 0 heterocycles. The second-order valence-corrected chi connectivity index (χ2v) is 8.55. The molecule has 2 nitrogen and oxygen atoms in total. The average molecular weight is 465 g/mol. The first kappa shape index (κ1) is 35.6. The van der Waals surface area contributed by atoms with Crippen LogP contribution < -0.4 is 0 Å². The monoisotopic (exact) mass is 464 g/mol. The number of rotatable bonds is 9. The second-order valence-electron chi connectivity index (χ2n) is 8.55. The lowest BCUT2D eigenvalue weighted by Gasteiger charge is -2.21. The fourth-order valence-electron chi connectivity index (χ4n) is 2.60. The van der Waals surface area contributed by atoms with E-state index in [1.165, 1.54) is 17.2 Å². The minimum absolute atomic E-state index is 0.0192. The SMILES string of the molecule is C=C(C)C.C=C/C=C\C/C(=C\C)C(=C)C.C=CC(=O)C(C)(C)Cc1cccc(C(C)=O)c1.CC. The molecule has 0 spiro atoms. The molecule has 0 saturated heterocycles. The molecule has 0 bridgehead atoms. The highest BCUT2D eigenvalue weighted by atomic mass is 16.1. The third-order valence-electron chi connectivity index (χ3n) is 4.34. The van der Waals surface area contributed by atoms with Crippen molar-refractivity contribution in [3.8, 4) is 0 Å². The van der Waals surface area contributed by atoms with Crippen LogP contribution in [0.2, 0.25) is 0 Å². The smallest absolute Gasteiger partial charge is 0.161 e. The molecule has 0 saturated carbocycles. The van der Waals surface area contributed by atoms with Crippen LogP contribution >= 0.6 is 0 Å². The van der Waals surface area contributed by atoms with Gasteiger partial charge in [-0.25, -0.2) is 0 Å². The van der Waals surface area contributed by atoms with Gasteiger partial charge in [0.2, 0.25) is 0 Å². The van der Waals surface area contributed by atoms with E-state index in [0.717, 1.165) is 17.6 Å². The van der Waals surface area contributed by atoms with E-state index in [4.69, 9.17) is 0 Å². The molecule has 0 amide bonds. The van der Waals surface area contributed by atoms with Gasteiger partial charge < -0.3 is 0 Å². The number of hydrogen-bond acceptors (Lipinski definition) is 2. The standard InChI is InChI=1S/C15H18O2.C11H16.C4H8.C2H6/c1-5-14(17)15(3,4)10-12-7-6-8-13(9-12)11(2)16;1-5-7-8-9-11(6-2)10(3)4;1-4(2)3;1-2/h5-9H,1,10H2,2-4H3;5-8H,1,3,9H2,2,4H3;1H2,2-3H3;1-2H3/b;8-7-,11-6+;;. The van der Waals surface area contributed by atoms with Crippen molar-refractivity contribution >= 4 is 11.6 Å². The summed E-state index contributed by atoms with van der Waals surface area (Å²) in [6.45, 7) is 31.9. The summed E-state index contributed by atoms with van der Waals surface area (Å²) < 4.78 is 0. The van der Waals surface area contributed by atoms with Gasteiger partial charge in [-0.15, -0.1) is 6.58 Å². The van der Waals surface area contributed by atoms with Crippen LogP contribution in [0.3, 0.4) is 0 Å². The molecule has 0 aliphatic rings. The quantitative estimate of drug-likeness (QED) is 0.158. The third kappa shape index (κ3) is 18.6. The van der Waals surface area contributed by atoms with E-state index < -0.39 is 5.41 Å². The molecule has 1 rings (SSSR count). The van der Waals surface area contributed by atoms with Gasteiger partial charge in [0.1, 0.15) is 0 Å². The molecule has 0 atom stereocenters. The predicted octanol–water partition coefficient (Wildman–Crippen LogP) is 9.46. The summed E-state index contributed by atoms with van der Waals surface area (Å²) in [5, 5.41) is 0. The Labute approximate surface area is 210 Å². The minimum Gasteiger partial charge on any atom is -0.295 e. The van der Waals surface area contributed by atoms with Crippen molar-refractivity contribution in [1.29, 1.82) is 0 Å². The Hall–Kier alpha value is -3.00. The second kappa shape index (κ2) is 20.6. The number of ketones is 2. The number of hydrogen-bond donors (Lipinski definition) is 0. The average Bonchev–Trinajstić information content (AvgIpc) is 2.77. The molecular weight excluding hydrogens is 416 g/mol. The number of carbonyl (C=O) groups excluding carboxylic acids is 2. The number of carbonyl (C=O) groups is 2. The predicted molar refractivity (Wildman–Crippen MR) is 153 cm³/mol. The van der Waals surface area contributed by atoms with Crippen LogP contribution in [0.4, 0.5) is 0 Å². The summed E-state index contributed by atoms with van der Waals surface area (Å²) >= 11 is 0. The largest absolute Gasteiger partial charge is 0.295 e. The molecule has 0 unspecified atom stereocenters. The molecule has 1 aromatic rings. The lowest BCUT2D eigenvalue weighted by atomic mass is 9.81. The molecule has 0 aliphatic heterocycles. The number of allylic oxidation sites excluding steroid dienone is 8. The van der Waals surface area contributed by atoms with E-state index in [-0.39, 0.29) is 11.6 Å². The molecule has 0 aromatic heterocycles. The molecule has 188 valence electrons. The van der Waals surface area contributed by atoms with Gasteiger partial charge in [-0.2, -0.15) is 0 Å². The van der Waals surface area contributed by atoms with E-state index >= 15 is 0 Å². The summed E-state index contributed by atoms with van der Waals surface area (Å²) in [4.78, 5) is 22.9. The highest BCUT2D eigenvalue weighted by Crippen LogP contribution is 2.24. The van der Waals surface area contributed by atoms with E-state index in [1.54, 1.807) is 19.1 Å². The van der Waals surface area contributed by atoms with Crippen molar-refractivity contribution in [3.05, 3.63) is 109 Å². The van der Waals surface area contributed by atoms with Crippen molar-refractivity contribution in [1.82, 2.24) is 0 Å². The van der Waals surface area contributed by atoms with Crippen LogP contribution in [-0.4, -0.2) is 11.6 Å². The summed E-state index contributed by atoms with van der Waals surface area (Å²) in [5.74, 6) is 0.0606. The Kier molecular flexibility index (Phi) is 21.6. The van der Waals surface area contributed by atoms with E-state index in [2.05, 4.69) is 38.5 Å². The molecule has 1 aromatic carbocycles. The topological polar surface area (TPSA) is 34.1 Å². The van der Waals surface area contributed by atoms with Crippen LogP contribution in [0, 0.1) is 5.41 Å². The maximum absolute atomic E-state index is 11.7. The van der Waals surface area contributed by atoms with Gasteiger partial charge in [0.15, 0.2) is 11.6 Å². The Bertz CT molecular complexity index is 857. The van der Waals surface area contributed by atoms with Crippen LogP contribution in [0.5, 0.6) is 0 Å². The van der Waals surface area contributed by atoms with Gasteiger partial charge in [-0.1, -0.05) is 101 Å². The normalized spacial score (nSPS) is 10.3. The molecule has 0 N–H and O–H groups in total. The maximum atomic E-state index is 11.7. The Morgan fingerprint density at radius 3 is 1.91 bits per heavy atom. The zero-order valence-corrected chi connectivity index (χ0v) is 23.3. The van der Waals surface area contributed by atoms with E-state index in [0.29, 0.717) is 12.0 Å². The van der Waals surface area contributed by atoms with Crippen molar-refractivity contribution in [3.63, 3.8) is 0 Å². The Morgan fingerprint density at radius 2 is 1.53 bits per heavy atom. The molecule has 0 radical (unpaired) electrons. The minimum atomic E-state index is -0.475. The Morgan fingerprint density at radius 1 is 1.00 bits per heavy atom. The summed E-state index contributed by atoms with van der Waals surface area (Å²) in [6, 6.07) is 7.42. The fourth-order valence-corrected chi connectivity index (χ4v) is 2.60. The van der Waals surface area contributed by atoms with E-state index in [9.17, 15) is 9.59 Å². The highest BCUT2D eigenvalue weighted by Gasteiger charge is 2.25. The lowest BCUT2D eigenvalue weighted by molar-refractivity contribution is -0.122. The van der Waals surface area contributed by atoms with Gasteiger partial charge >= 0.3 is 0 Å². The van der Waals surface area contributed by atoms with Gasteiger partial charge in [0, 0.05) is 11.0 Å². The number of benzene rings is 1. The van der Waals surface area contributed by atoms with Crippen molar-refractivity contribution in [2.24, 2.45) is 5.41 Å². The van der Waals surface area contributed by atoms with Crippen molar-refractivity contribution < 1.29 is 9.59 Å². The molecule has 34 heavy (non-hydrogen) atoms. The van der Waals surface area contributed by atoms with Gasteiger partial charge in [-0.3, -0.25) is 9.59 Å². The summed E-state index contributed by atoms with van der Waals surface area (Å²) in [6.07, 6.45) is 10.8. The van der Waals surface area contributed by atoms with Crippen LogP contribution in [-0.2, 0) is 11.2 Å². The van der Waals surface area contributed by atoms with Crippen LogP contribution in [0.1, 0.15) is 84.7 Å². The van der Waals surface area contributed by atoms with Crippen molar-refractivity contribution in [2.75, 3.05) is 0 Å². The van der Waals surface area contributed by atoms with Crippen LogP contribution in [0.25, 0.3) is 0 Å². The first-order valence-corrected chi connectivity index (χ1v) is 11.8. The van der Waals surface area contributed by atoms with E-state index in [1.807, 2.05) is 79.7 Å². The first-order chi connectivity index (χ1) is 15.8. The summed E-state index contributed by atoms with van der Waals surface area (Å²) in [7, 11) is 0. The molecule has 0 fully saturated rings.